The second-order valence-electron chi connectivity index (χ2n) is 8.05. The quantitative estimate of drug-likeness (QED) is 0.592. The number of benzene rings is 2. The van der Waals surface area contributed by atoms with Crippen LogP contribution in [0.25, 0.3) is 22.2 Å². The lowest BCUT2D eigenvalue weighted by molar-refractivity contribution is 0.0408. The zero-order valence-electron chi connectivity index (χ0n) is 18.5. The van der Waals surface area contributed by atoms with Crippen molar-refractivity contribution >= 4 is 26.6 Å². The molecule has 0 aliphatic carbocycles. The molecular weight excluding hydrogens is 424 g/mol. The minimum atomic E-state index is -3.45. The molecule has 0 amide bonds. The van der Waals surface area contributed by atoms with Crippen molar-refractivity contribution in [2.45, 2.75) is 20.4 Å². The van der Waals surface area contributed by atoms with E-state index < -0.39 is 10.0 Å². The van der Waals surface area contributed by atoms with Crippen LogP contribution in [0.15, 0.2) is 42.5 Å². The number of nitriles is 1. The standard InChI is InChI=1S/C24H28N4O3S/c1-3-28-23-16-18(2)4-9-21(23)22(17-25)24(28)19-5-7-20(8-6-19)26-32(29,30)15-12-27-10-13-31-14-11-27/h4-9,16,26H,3,10-15H2,1-2H3. The molecule has 0 saturated carbocycles. The Kier molecular flexibility index (Phi) is 6.51. The van der Waals surface area contributed by atoms with E-state index in [9.17, 15) is 13.7 Å². The SMILES string of the molecule is CCn1c(-c2ccc(NS(=O)(=O)CCN3CCOCC3)cc2)c(C#N)c2ccc(C)cc21. The molecule has 2 aromatic carbocycles. The lowest BCUT2D eigenvalue weighted by Crippen LogP contribution is -2.39. The monoisotopic (exact) mass is 452 g/mol. The van der Waals surface area contributed by atoms with Gasteiger partial charge in [-0.05, 0) is 43.2 Å². The Hall–Kier alpha value is -2.86. The van der Waals surface area contributed by atoms with Crippen LogP contribution in [0, 0.1) is 18.3 Å². The van der Waals surface area contributed by atoms with Crippen molar-refractivity contribution in [3.05, 3.63) is 53.6 Å². The molecule has 7 nitrogen and oxygen atoms in total. The van der Waals surface area contributed by atoms with Crippen molar-refractivity contribution in [3.8, 4) is 17.3 Å². The number of sulfonamides is 1. The first-order chi connectivity index (χ1) is 15.4. The van der Waals surface area contributed by atoms with Gasteiger partial charge in [0, 0.05) is 37.3 Å². The molecule has 0 atom stereocenters. The fourth-order valence-electron chi connectivity index (χ4n) is 4.20. The predicted octanol–water partition coefficient (Wildman–Crippen LogP) is 3.58. The number of rotatable bonds is 7. The van der Waals surface area contributed by atoms with E-state index in [-0.39, 0.29) is 5.75 Å². The fraction of sp³-hybridized carbons (Fsp3) is 0.375. The molecular formula is C24H28N4O3S. The van der Waals surface area contributed by atoms with Gasteiger partial charge in [-0.15, -0.1) is 0 Å². The third-order valence-electron chi connectivity index (χ3n) is 5.86. The maximum atomic E-state index is 12.5. The van der Waals surface area contributed by atoms with Crippen LogP contribution in [-0.2, 0) is 21.3 Å². The zero-order valence-corrected chi connectivity index (χ0v) is 19.3. The highest BCUT2D eigenvalue weighted by Crippen LogP contribution is 2.34. The average molecular weight is 453 g/mol. The van der Waals surface area contributed by atoms with Crippen molar-refractivity contribution in [2.75, 3.05) is 43.3 Å². The third kappa shape index (κ3) is 4.65. The highest BCUT2D eigenvalue weighted by molar-refractivity contribution is 7.92. The Balaban J connectivity index is 1.56. The van der Waals surface area contributed by atoms with E-state index in [0.29, 0.717) is 31.0 Å². The largest absolute Gasteiger partial charge is 0.379 e. The van der Waals surface area contributed by atoms with Gasteiger partial charge in [-0.1, -0.05) is 24.3 Å². The van der Waals surface area contributed by atoms with E-state index in [2.05, 4.69) is 33.2 Å². The number of fused-ring (bicyclic) bond motifs is 1. The van der Waals surface area contributed by atoms with E-state index in [4.69, 9.17) is 4.74 Å². The fourth-order valence-corrected chi connectivity index (χ4v) is 5.30. The molecule has 1 N–H and O–H groups in total. The number of nitrogens with one attached hydrogen (secondary N) is 1. The van der Waals surface area contributed by atoms with E-state index in [1.165, 1.54) is 0 Å². The van der Waals surface area contributed by atoms with Crippen molar-refractivity contribution in [1.29, 1.82) is 5.26 Å². The minimum Gasteiger partial charge on any atom is -0.379 e. The Labute approximate surface area is 189 Å². The number of anilines is 1. The lowest BCUT2D eigenvalue weighted by atomic mass is 10.1. The van der Waals surface area contributed by atoms with Crippen LogP contribution in [0.2, 0.25) is 0 Å². The summed E-state index contributed by atoms with van der Waals surface area (Å²) in [6.07, 6.45) is 0. The van der Waals surface area contributed by atoms with E-state index >= 15 is 0 Å². The number of morpholine rings is 1. The molecule has 4 rings (SSSR count). The molecule has 0 unspecified atom stereocenters. The van der Waals surface area contributed by atoms with E-state index in [1.807, 2.05) is 31.2 Å². The number of hydrogen-bond acceptors (Lipinski definition) is 5. The Morgan fingerprint density at radius 1 is 1.12 bits per heavy atom. The van der Waals surface area contributed by atoms with Gasteiger partial charge in [0.15, 0.2) is 0 Å². The zero-order chi connectivity index (χ0) is 22.7. The van der Waals surface area contributed by atoms with Gasteiger partial charge in [0.25, 0.3) is 0 Å². The minimum absolute atomic E-state index is 0.0385. The number of nitrogens with zero attached hydrogens (tertiary/aromatic N) is 3. The molecule has 3 aromatic rings. The average Bonchev–Trinajstić information content (AvgIpc) is 3.11. The Morgan fingerprint density at radius 3 is 2.50 bits per heavy atom. The number of aromatic nitrogens is 1. The maximum absolute atomic E-state index is 12.5. The van der Waals surface area contributed by atoms with Crippen LogP contribution in [0.1, 0.15) is 18.1 Å². The van der Waals surface area contributed by atoms with Crippen LogP contribution >= 0.6 is 0 Å². The van der Waals surface area contributed by atoms with Crippen molar-refractivity contribution in [2.24, 2.45) is 0 Å². The van der Waals surface area contributed by atoms with Gasteiger partial charge < -0.3 is 9.30 Å². The van der Waals surface area contributed by atoms with E-state index in [0.717, 1.165) is 47.4 Å². The molecule has 2 heterocycles. The smallest absolute Gasteiger partial charge is 0.233 e. The molecule has 168 valence electrons. The van der Waals surface area contributed by atoms with Gasteiger partial charge in [-0.3, -0.25) is 9.62 Å². The van der Waals surface area contributed by atoms with Crippen molar-refractivity contribution in [1.82, 2.24) is 9.47 Å². The lowest BCUT2D eigenvalue weighted by Gasteiger charge is -2.26. The summed E-state index contributed by atoms with van der Waals surface area (Å²) >= 11 is 0. The second-order valence-corrected chi connectivity index (χ2v) is 9.89. The molecule has 0 spiro atoms. The molecule has 1 saturated heterocycles. The van der Waals surface area contributed by atoms with Crippen LogP contribution < -0.4 is 4.72 Å². The number of ether oxygens (including phenoxy) is 1. The molecule has 0 radical (unpaired) electrons. The highest BCUT2D eigenvalue weighted by atomic mass is 32.2. The van der Waals surface area contributed by atoms with E-state index in [1.54, 1.807) is 12.1 Å². The molecule has 0 bridgehead atoms. The first-order valence-electron chi connectivity index (χ1n) is 10.9. The predicted molar refractivity (Wildman–Crippen MR) is 127 cm³/mol. The van der Waals surface area contributed by atoms with Crippen molar-refractivity contribution < 1.29 is 13.2 Å². The van der Waals surface area contributed by atoms with Gasteiger partial charge in [0.1, 0.15) is 6.07 Å². The molecule has 8 heteroatoms. The summed E-state index contributed by atoms with van der Waals surface area (Å²) in [5.41, 5.74) is 5.07. The summed E-state index contributed by atoms with van der Waals surface area (Å²) in [6.45, 7) is 8.13. The van der Waals surface area contributed by atoms with Gasteiger partial charge in [0.05, 0.1) is 35.7 Å². The van der Waals surface area contributed by atoms with Crippen LogP contribution in [0.4, 0.5) is 5.69 Å². The maximum Gasteiger partial charge on any atom is 0.233 e. The van der Waals surface area contributed by atoms with Crippen LogP contribution in [0.5, 0.6) is 0 Å². The molecule has 1 fully saturated rings. The van der Waals surface area contributed by atoms with Crippen LogP contribution in [-0.4, -0.2) is 56.5 Å². The summed E-state index contributed by atoms with van der Waals surface area (Å²) in [5.74, 6) is 0.0385. The summed E-state index contributed by atoms with van der Waals surface area (Å²) in [5, 5.41) is 10.8. The Morgan fingerprint density at radius 2 is 1.84 bits per heavy atom. The number of aryl methyl sites for hydroxylation is 2. The summed E-state index contributed by atoms with van der Waals surface area (Å²) in [6, 6.07) is 15.7. The van der Waals surface area contributed by atoms with Gasteiger partial charge >= 0.3 is 0 Å². The molecule has 32 heavy (non-hydrogen) atoms. The summed E-state index contributed by atoms with van der Waals surface area (Å²) < 4.78 is 35.2. The Bertz CT molecular complexity index is 1250. The molecule has 1 aliphatic heterocycles. The second kappa shape index (κ2) is 9.33. The molecule has 1 aliphatic rings. The first-order valence-corrected chi connectivity index (χ1v) is 12.5. The highest BCUT2D eigenvalue weighted by Gasteiger charge is 2.19. The van der Waals surface area contributed by atoms with Gasteiger partial charge in [-0.2, -0.15) is 5.26 Å². The summed E-state index contributed by atoms with van der Waals surface area (Å²) in [4.78, 5) is 2.10. The normalized spacial score (nSPS) is 15.0. The topological polar surface area (TPSA) is 87.4 Å². The summed E-state index contributed by atoms with van der Waals surface area (Å²) in [7, 11) is -3.45. The van der Waals surface area contributed by atoms with Crippen molar-refractivity contribution in [3.63, 3.8) is 0 Å². The third-order valence-corrected chi connectivity index (χ3v) is 7.13. The number of hydrogen-bond donors (Lipinski definition) is 1. The molecule has 1 aromatic heterocycles. The van der Waals surface area contributed by atoms with Crippen LogP contribution in [0.3, 0.4) is 0 Å². The van der Waals surface area contributed by atoms with Gasteiger partial charge in [0.2, 0.25) is 10.0 Å². The van der Waals surface area contributed by atoms with Gasteiger partial charge in [-0.25, -0.2) is 8.42 Å². The first kappa shape index (κ1) is 22.3.